The molecule has 1 saturated heterocycles. The van der Waals surface area contributed by atoms with Gasteiger partial charge in [0.05, 0.1) is 12.6 Å². The van der Waals surface area contributed by atoms with Gasteiger partial charge in [-0.1, -0.05) is 68.9 Å². The van der Waals surface area contributed by atoms with Crippen LogP contribution in [0.2, 0.25) is 0 Å². The van der Waals surface area contributed by atoms with E-state index in [0.29, 0.717) is 24.3 Å². The highest BCUT2D eigenvalue weighted by Gasteiger charge is 2.48. The molecule has 1 heterocycles. The van der Waals surface area contributed by atoms with Gasteiger partial charge in [0.2, 0.25) is 29.4 Å². The summed E-state index contributed by atoms with van der Waals surface area (Å²) < 4.78 is 0. The summed E-state index contributed by atoms with van der Waals surface area (Å²) in [4.78, 5) is 96.5. The number of hydrogen-bond donors (Lipinski definition) is 5. The lowest BCUT2D eigenvalue weighted by atomic mass is 9.81. The van der Waals surface area contributed by atoms with Gasteiger partial charge in [0.25, 0.3) is 5.91 Å². The van der Waals surface area contributed by atoms with Crippen LogP contribution in [0.5, 0.6) is 0 Å². The van der Waals surface area contributed by atoms with Crippen LogP contribution in [0.15, 0.2) is 30.3 Å². The van der Waals surface area contributed by atoms with Crippen molar-refractivity contribution in [3.8, 4) is 0 Å². The smallest absolute Gasteiger partial charge is 0.315 e. The molecule has 0 spiro atoms. The van der Waals surface area contributed by atoms with Gasteiger partial charge in [-0.15, -0.1) is 23.2 Å². The zero-order valence-electron chi connectivity index (χ0n) is 33.2. The van der Waals surface area contributed by atoms with Crippen LogP contribution in [-0.4, -0.2) is 107 Å². The van der Waals surface area contributed by atoms with Crippen LogP contribution in [0.4, 0.5) is 4.79 Å². The Kier molecular flexibility index (Phi) is 16.4. The Morgan fingerprint density at radius 1 is 0.857 bits per heavy atom. The summed E-state index contributed by atoms with van der Waals surface area (Å²) in [6.45, 7) is 5.07. The maximum absolute atomic E-state index is 14.4. The monoisotopic (exact) mass is 819 g/mol. The molecule has 1 aromatic carbocycles. The largest absolute Gasteiger partial charge is 0.347 e. The minimum absolute atomic E-state index is 0.144. The lowest BCUT2D eigenvalue weighted by Gasteiger charge is -2.36. The third kappa shape index (κ3) is 12.5. The molecule has 1 aromatic rings. The number of amides is 7. The average molecular weight is 821 g/mol. The van der Waals surface area contributed by atoms with Crippen molar-refractivity contribution in [1.29, 1.82) is 0 Å². The highest BCUT2D eigenvalue weighted by Crippen LogP contribution is 2.36. The first-order valence-corrected chi connectivity index (χ1v) is 20.7. The first-order valence-electron chi connectivity index (χ1n) is 19.8. The van der Waals surface area contributed by atoms with E-state index in [2.05, 4.69) is 26.6 Å². The van der Waals surface area contributed by atoms with E-state index in [0.717, 1.165) is 51.4 Å². The molecule has 0 aromatic heterocycles. The normalized spacial score (nSPS) is 20.5. The summed E-state index contributed by atoms with van der Waals surface area (Å²) in [6.07, 6.45) is 8.37. The Bertz CT molecular complexity index is 1560. The van der Waals surface area contributed by atoms with Gasteiger partial charge in [-0.3, -0.25) is 28.8 Å². The van der Waals surface area contributed by atoms with Crippen molar-refractivity contribution in [2.45, 2.75) is 126 Å². The van der Waals surface area contributed by atoms with E-state index in [1.165, 1.54) is 9.80 Å². The number of hydrogen-bond acceptors (Lipinski definition) is 7. The summed E-state index contributed by atoms with van der Waals surface area (Å²) in [6, 6.07) is 3.80. The van der Waals surface area contributed by atoms with Gasteiger partial charge in [-0.25, -0.2) is 4.79 Å². The number of halogens is 2. The van der Waals surface area contributed by atoms with Gasteiger partial charge in [0.15, 0.2) is 0 Å². The quantitative estimate of drug-likeness (QED) is 0.124. The maximum atomic E-state index is 14.4. The second-order valence-electron chi connectivity index (χ2n) is 16.6. The number of likely N-dealkylation sites (tertiary alicyclic amines) is 1. The number of ketones is 1. The maximum Gasteiger partial charge on any atom is 0.315 e. The molecular weight excluding hydrogens is 761 g/mol. The molecule has 5 unspecified atom stereocenters. The van der Waals surface area contributed by atoms with Gasteiger partial charge in [0, 0.05) is 32.1 Å². The second-order valence-corrected chi connectivity index (χ2v) is 17.8. The number of alkyl halides is 2. The molecule has 5 N–H and O–H groups in total. The zero-order valence-corrected chi connectivity index (χ0v) is 34.7. The summed E-state index contributed by atoms with van der Waals surface area (Å²) in [5.41, 5.74) is -0.00786. The highest BCUT2D eigenvalue weighted by atomic mass is 35.5. The first kappa shape index (κ1) is 44.8. The zero-order chi connectivity index (χ0) is 41.2. The molecular formula is C40H59Cl2N7O7. The van der Waals surface area contributed by atoms with Crippen LogP contribution in [0, 0.1) is 17.8 Å². The minimum Gasteiger partial charge on any atom is -0.347 e. The number of nitrogens with one attached hydrogen (secondary N) is 5. The Balaban J connectivity index is 1.50. The van der Waals surface area contributed by atoms with E-state index >= 15 is 0 Å². The Morgan fingerprint density at radius 2 is 1.52 bits per heavy atom. The number of benzene rings is 1. The topological polar surface area (TPSA) is 186 Å². The summed E-state index contributed by atoms with van der Waals surface area (Å²) in [5.74, 6) is -4.70. The Hall–Kier alpha value is -3.91. The van der Waals surface area contributed by atoms with Crippen LogP contribution in [0.3, 0.4) is 0 Å². The molecule has 14 nitrogen and oxygen atoms in total. The van der Waals surface area contributed by atoms with Gasteiger partial charge < -0.3 is 36.4 Å². The van der Waals surface area contributed by atoms with Crippen molar-refractivity contribution in [1.82, 2.24) is 36.4 Å². The van der Waals surface area contributed by atoms with Crippen molar-refractivity contribution in [3.05, 3.63) is 35.9 Å². The molecule has 3 fully saturated rings. The van der Waals surface area contributed by atoms with Gasteiger partial charge in [-0.2, -0.15) is 0 Å². The van der Waals surface area contributed by atoms with Crippen molar-refractivity contribution >= 4 is 64.6 Å². The first-order chi connectivity index (χ1) is 26.5. The fourth-order valence-electron chi connectivity index (χ4n) is 7.73. The fraction of sp³-hybridized carbons (Fsp3) is 0.675. The van der Waals surface area contributed by atoms with Crippen molar-refractivity contribution < 1.29 is 33.6 Å². The molecule has 16 heteroatoms. The van der Waals surface area contributed by atoms with Gasteiger partial charge in [0.1, 0.15) is 23.0 Å². The lowest BCUT2D eigenvalue weighted by Crippen LogP contribution is -2.61. The molecule has 3 aliphatic rings. The predicted molar refractivity (Wildman–Crippen MR) is 213 cm³/mol. The predicted octanol–water partition coefficient (Wildman–Crippen LogP) is 3.75. The molecule has 0 radical (unpaired) electrons. The van der Waals surface area contributed by atoms with Crippen LogP contribution in [-0.2, 0) is 28.8 Å². The molecule has 7 amide bonds. The molecule has 2 saturated carbocycles. The lowest BCUT2D eigenvalue weighted by molar-refractivity contribution is -0.144. The summed E-state index contributed by atoms with van der Waals surface area (Å²) in [5, 5.41) is 13.5. The Labute approximate surface area is 340 Å². The molecule has 4 rings (SSSR count). The van der Waals surface area contributed by atoms with Gasteiger partial charge in [-0.05, 0) is 70.3 Å². The SMILES string of the molecule is CN(C)C(=O)C(NC(=O)CNC(=O)C(=O)C(CCC1CCC1)NC(=O)C1C(C(Cl)Cl)CCN1C(=O)C(NC(=O)NC(C)(C)C)C1CCCCC1)c1ccccc1. The summed E-state index contributed by atoms with van der Waals surface area (Å²) >= 11 is 12.8. The Morgan fingerprint density at radius 3 is 2.09 bits per heavy atom. The molecule has 1 aliphatic heterocycles. The number of carbonyl (C=O) groups excluding carboxylic acids is 7. The van der Waals surface area contributed by atoms with Crippen LogP contribution in [0.25, 0.3) is 0 Å². The standard InChI is InChI=1S/C40H59Cl2N7O7/c1-40(2,3)47-39(56)46-31(26-17-10-7-11-18-26)38(55)49-22-21-27(34(41)42)32(49)35(52)44-28(20-19-24-13-12-14-24)33(51)36(53)43-23-29(50)45-30(37(54)48(4)5)25-15-8-6-9-16-25/h6,8-9,15-16,24,26-28,30-32,34H,7,10-14,17-23H2,1-5H3,(H,43,53)(H,44,52)(H,45,50)(H2,46,47,56). The van der Waals surface area contributed by atoms with E-state index in [1.807, 2.05) is 20.8 Å². The molecule has 5 atom stereocenters. The summed E-state index contributed by atoms with van der Waals surface area (Å²) in [7, 11) is 3.12. The van der Waals surface area contributed by atoms with E-state index in [4.69, 9.17) is 23.2 Å². The third-order valence-corrected chi connectivity index (χ3v) is 11.6. The van der Waals surface area contributed by atoms with Crippen LogP contribution >= 0.6 is 23.2 Å². The number of Topliss-reactive ketones (excluding diaryl/α,β-unsaturated/α-hetero) is 1. The molecule has 0 bridgehead atoms. The number of carbonyl (C=O) groups is 7. The van der Waals surface area contributed by atoms with Crippen molar-refractivity contribution in [2.75, 3.05) is 27.2 Å². The van der Waals surface area contributed by atoms with Crippen molar-refractivity contribution in [2.24, 2.45) is 17.8 Å². The van der Waals surface area contributed by atoms with Crippen molar-refractivity contribution in [3.63, 3.8) is 0 Å². The van der Waals surface area contributed by atoms with E-state index < -0.39 is 82.4 Å². The number of nitrogens with zero attached hydrogens (tertiary/aromatic N) is 2. The number of rotatable bonds is 16. The van der Waals surface area contributed by atoms with E-state index in [9.17, 15) is 33.6 Å². The fourth-order valence-corrected chi connectivity index (χ4v) is 8.26. The molecule has 56 heavy (non-hydrogen) atoms. The second kappa shape index (κ2) is 20.5. The minimum atomic E-state index is -1.26. The number of likely N-dealkylation sites (N-methyl/N-ethyl adjacent to an activating group) is 1. The molecule has 310 valence electrons. The average Bonchev–Trinajstić information content (AvgIpc) is 3.59. The highest BCUT2D eigenvalue weighted by molar-refractivity contribution is 6.44. The van der Waals surface area contributed by atoms with Crippen LogP contribution in [0.1, 0.15) is 103 Å². The van der Waals surface area contributed by atoms with E-state index in [-0.39, 0.29) is 24.8 Å². The third-order valence-electron chi connectivity index (χ3n) is 11.0. The number of urea groups is 1. The van der Waals surface area contributed by atoms with E-state index in [1.54, 1.807) is 44.4 Å². The van der Waals surface area contributed by atoms with Gasteiger partial charge >= 0.3 is 6.03 Å². The van der Waals surface area contributed by atoms with Crippen LogP contribution < -0.4 is 26.6 Å². The molecule has 2 aliphatic carbocycles.